The van der Waals surface area contributed by atoms with Crippen molar-refractivity contribution in [3.63, 3.8) is 0 Å². The van der Waals surface area contributed by atoms with E-state index in [0.717, 1.165) is 5.56 Å². The maximum absolute atomic E-state index is 12.3. The highest BCUT2D eigenvalue weighted by atomic mass is 32.1. The number of rotatable bonds is 7. The molecule has 1 N–H and O–H groups in total. The van der Waals surface area contributed by atoms with Crippen molar-refractivity contribution >= 4 is 23.2 Å². The van der Waals surface area contributed by atoms with Crippen LogP contribution in [0.3, 0.4) is 0 Å². The number of hydrogen-bond acceptors (Lipinski definition) is 3. The van der Waals surface area contributed by atoms with Crippen LogP contribution in [0.2, 0.25) is 0 Å². The van der Waals surface area contributed by atoms with Crippen molar-refractivity contribution in [3.05, 3.63) is 57.8 Å². The van der Waals surface area contributed by atoms with Gasteiger partial charge in [-0.15, -0.1) is 11.3 Å². The standard InChI is InChI=1S/C21H28N2O2S/c1-21(2,3)17-11-9-16(10-12-17)15-23(4)19(24)8-5-13-22-20(25)18-7-6-14-26-18/h6-7,9-12,14H,5,8,13,15H2,1-4H3,(H,22,25). The van der Waals surface area contributed by atoms with Crippen molar-refractivity contribution in [2.45, 2.75) is 45.6 Å². The zero-order chi connectivity index (χ0) is 19.2. The first kappa shape index (κ1) is 20.2. The highest BCUT2D eigenvalue weighted by Crippen LogP contribution is 2.22. The number of benzene rings is 1. The summed E-state index contributed by atoms with van der Waals surface area (Å²) >= 11 is 1.42. The van der Waals surface area contributed by atoms with Crippen LogP contribution in [0.15, 0.2) is 41.8 Å². The van der Waals surface area contributed by atoms with Crippen LogP contribution in [0, 0.1) is 0 Å². The lowest BCUT2D eigenvalue weighted by Crippen LogP contribution is -2.28. The second kappa shape index (κ2) is 8.99. The number of hydrogen-bond donors (Lipinski definition) is 1. The monoisotopic (exact) mass is 372 g/mol. The molecule has 2 amide bonds. The summed E-state index contributed by atoms with van der Waals surface area (Å²) in [5, 5.41) is 4.73. The van der Waals surface area contributed by atoms with E-state index in [0.29, 0.717) is 30.8 Å². The zero-order valence-corrected chi connectivity index (χ0v) is 16.9. The van der Waals surface area contributed by atoms with Gasteiger partial charge >= 0.3 is 0 Å². The average molecular weight is 373 g/mol. The van der Waals surface area contributed by atoms with Gasteiger partial charge in [0.15, 0.2) is 0 Å². The van der Waals surface area contributed by atoms with Gasteiger partial charge in [-0.1, -0.05) is 51.1 Å². The Morgan fingerprint density at radius 2 is 1.81 bits per heavy atom. The topological polar surface area (TPSA) is 49.4 Å². The molecule has 0 saturated carbocycles. The summed E-state index contributed by atoms with van der Waals surface area (Å²) in [6.07, 6.45) is 1.07. The minimum absolute atomic E-state index is 0.0697. The second-order valence-electron chi connectivity index (χ2n) is 7.53. The van der Waals surface area contributed by atoms with Crippen molar-refractivity contribution in [3.8, 4) is 0 Å². The molecule has 1 heterocycles. The Labute approximate surface area is 160 Å². The third-order valence-corrected chi connectivity index (χ3v) is 5.13. The summed E-state index contributed by atoms with van der Waals surface area (Å²) in [6, 6.07) is 12.1. The summed E-state index contributed by atoms with van der Waals surface area (Å²) in [5.41, 5.74) is 2.55. The van der Waals surface area contributed by atoms with Crippen LogP contribution in [-0.2, 0) is 16.8 Å². The molecule has 0 fully saturated rings. The molecule has 0 aliphatic heterocycles. The summed E-state index contributed by atoms with van der Waals surface area (Å²) < 4.78 is 0. The van der Waals surface area contributed by atoms with Gasteiger partial charge in [-0.25, -0.2) is 0 Å². The maximum atomic E-state index is 12.3. The Morgan fingerprint density at radius 1 is 1.12 bits per heavy atom. The average Bonchev–Trinajstić information content (AvgIpc) is 3.12. The van der Waals surface area contributed by atoms with Gasteiger partial charge in [0.2, 0.25) is 5.91 Å². The first-order valence-corrected chi connectivity index (χ1v) is 9.80. The number of carbonyl (C=O) groups is 2. The molecule has 1 aromatic carbocycles. The van der Waals surface area contributed by atoms with E-state index in [2.05, 4.69) is 50.4 Å². The van der Waals surface area contributed by atoms with Crippen molar-refractivity contribution in [2.75, 3.05) is 13.6 Å². The van der Waals surface area contributed by atoms with Crippen LogP contribution in [0.4, 0.5) is 0 Å². The molecule has 0 aliphatic carbocycles. The fraction of sp³-hybridized carbons (Fsp3) is 0.429. The molecule has 5 heteroatoms. The Balaban J connectivity index is 1.72. The van der Waals surface area contributed by atoms with E-state index in [1.54, 1.807) is 11.0 Å². The third-order valence-electron chi connectivity index (χ3n) is 4.26. The van der Waals surface area contributed by atoms with E-state index < -0.39 is 0 Å². The van der Waals surface area contributed by atoms with E-state index in [1.807, 2.05) is 18.5 Å². The Bertz CT molecular complexity index is 715. The van der Waals surface area contributed by atoms with Gasteiger partial charge in [0.1, 0.15) is 0 Å². The molecular weight excluding hydrogens is 344 g/mol. The van der Waals surface area contributed by atoms with Crippen molar-refractivity contribution in [1.29, 1.82) is 0 Å². The lowest BCUT2D eigenvalue weighted by Gasteiger charge is -2.21. The molecule has 140 valence electrons. The summed E-state index contributed by atoms with van der Waals surface area (Å²) in [7, 11) is 1.82. The summed E-state index contributed by atoms with van der Waals surface area (Å²) in [5.74, 6) is 0.0232. The number of carbonyl (C=O) groups excluding carboxylic acids is 2. The van der Waals surface area contributed by atoms with Gasteiger partial charge in [-0.05, 0) is 34.4 Å². The fourth-order valence-electron chi connectivity index (χ4n) is 2.60. The third kappa shape index (κ3) is 5.99. The number of amides is 2. The van der Waals surface area contributed by atoms with Gasteiger partial charge in [-0.2, -0.15) is 0 Å². The molecule has 0 saturated heterocycles. The zero-order valence-electron chi connectivity index (χ0n) is 16.0. The van der Waals surface area contributed by atoms with Crippen LogP contribution in [-0.4, -0.2) is 30.3 Å². The largest absolute Gasteiger partial charge is 0.351 e. The normalized spacial score (nSPS) is 11.2. The quantitative estimate of drug-likeness (QED) is 0.740. The predicted molar refractivity (Wildman–Crippen MR) is 108 cm³/mol. The van der Waals surface area contributed by atoms with Crippen LogP contribution < -0.4 is 5.32 Å². The highest BCUT2D eigenvalue weighted by molar-refractivity contribution is 7.12. The number of nitrogens with one attached hydrogen (secondary N) is 1. The second-order valence-corrected chi connectivity index (χ2v) is 8.48. The maximum Gasteiger partial charge on any atom is 0.261 e. The molecule has 4 nitrogen and oxygen atoms in total. The molecule has 0 atom stereocenters. The van der Waals surface area contributed by atoms with Crippen LogP contribution in [0.1, 0.15) is 54.4 Å². The summed E-state index contributed by atoms with van der Waals surface area (Å²) in [6.45, 7) is 7.68. The van der Waals surface area contributed by atoms with Crippen molar-refractivity contribution < 1.29 is 9.59 Å². The van der Waals surface area contributed by atoms with E-state index in [1.165, 1.54) is 16.9 Å². The lowest BCUT2D eigenvalue weighted by molar-refractivity contribution is -0.130. The Hall–Kier alpha value is -2.14. The minimum atomic E-state index is -0.0697. The SMILES string of the molecule is CN(Cc1ccc(C(C)(C)C)cc1)C(=O)CCCNC(=O)c1cccs1. The molecule has 0 aliphatic rings. The van der Waals surface area contributed by atoms with Gasteiger partial charge < -0.3 is 10.2 Å². The molecule has 1 aromatic heterocycles. The molecule has 0 unspecified atom stereocenters. The Morgan fingerprint density at radius 3 is 2.38 bits per heavy atom. The van der Waals surface area contributed by atoms with Crippen LogP contribution in [0.25, 0.3) is 0 Å². The first-order chi connectivity index (χ1) is 12.3. The first-order valence-electron chi connectivity index (χ1n) is 8.92. The molecule has 0 bridgehead atoms. The number of nitrogens with zero attached hydrogens (tertiary/aromatic N) is 1. The number of thiophene rings is 1. The Kier molecular flexibility index (Phi) is 6.98. The molecule has 0 spiro atoms. The van der Waals surface area contributed by atoms with Gasteiger partial charge in [0.25, 0.3) is 5.91 Å². The molecule has 2 aromatic rings. The highest BCUT2D eigenvalue weighted by Gasteiger charge is 2.14. The lowest BCUT2D eigenvalue weighted by atomic mass is 9.87. The van der Waals surface area contributed by atoms with Crippen LogP contribution in [0.5, 0.6) is 0 Å². The smallest absolute Gasteiger partial charge is 0.261 e. The van der Waals surface area contributed by atoms with E-state index in [9.17, 15) is 9.59 Å². The van der Waals surface area contributed by atoms with Gasteiger partial charge in [0.05, 0.1) is 4.88 Å². The van der Waals surface area contributed by atoms with E-state index in [-0.39, 0.29) is 17.2 Å². The predicted octanol–water partition coefficient (Wildman–Crippen LogP) is 4.21. The van der Waals surface area contributed by atoms with E-state index in [4.69, 9.17) is 0 Å². The minimum Gasteiger partial charge on any atom is -0.351 e. The van der Waals surface area contributed by atoms with Crippen molar-refractivity contribution in [2.24, 2.45) is 0 Å². The molecule has 2 rings (SSSR count). The van der Waals surface area contributed by atoms with Crippen molar-refractivity contribution in [1.82, 2.24) is 10.2 Å². The van der Waals surface area contributed by atoms with Crippen LogP contribution >= 0.6 is 11.3 Å². The van der Waals surface area contributed by atoms with E-state index >= 15 is 0 Å². The summed E-state index contributed by atoms with van der Waals surface area (Å²) in [4.78, 5) is 26.5. The van der Waals surface area contributed by atoms with Gasteiger partial charge in [-0.3, -0.25) is 9.59 Å². The molecule has 0 radical (unpaired) electrons. The molecular formula is C21H28N2O2S. The molecule has 26 heavy (non-hydrogen) atoms. The van der Waals surface area contributed by atoms with Gasteiger partial charge in [0, 0.05) is 26.6 Å². The fourth-order valence-corrected chi connectivity index (χ4v) is 3.24.